The first-order valence-electron chi connectivity index (χ1n) is 6.32. The molecule has 100 valence electrons. The maximum absolute atomic E-state index is 11.9. The lowest BCUT2D eigenvalue weighted by atomic mass is 10.0. The van der Waals surface area contributed by atoms with Gasteiger partial charge in [-0.05, 0) is 30.7 Å². The van der Waals surface area contributed by atoms with Gasteiger partial charge in [0.15, 0.2) is 0 Å². The van der Waals surface area contributed by atoms with Gasteiger partial charge in [0.1, 0.15) is 4.88 Å². The lowest BCUT2D eigenvalue weighted by Gasteiger charge is -2.12. The van der Waals surface area contributed by atoms with Crippen LogP contribution in [0.3, 0.4) is 0 Å². The number of thiophene rings is 1. The summed E-state index contributed by atoms with van der Waals surface area (Å²) in [4.78, 5) is 14.1. The Hall–Kier alpha value is -1.23. The smallest absolute Gasteiger partial charge is 0.265 e. The quantitative estimate of drug-likeness (QED) is 0.862. The van der Waals surface area contributed by atoms with E-state index < -0.39 is 0 Å². The molecule has 0 spiro atoms. The molecule has 18 heavy (non-hydrogen) atoms. The Labute approximate surface area is 112 Å². The predicted octanol–water partition coefficient (Wildman–Crippen LogP) is 2.63. The molecule has 1 aliphatic carbocycles. The average Bonchev–Trinajstić information content (AvgIpc) is 3.03. The Morgan fingerprint density at radius 3 is 2.72 bits per heavy atom. The highest BCUT2D eigenvalue weighted by Gasteiger charge is 2.40. The lowest BCUT2D eigenvalue weighted by molar-refractivity contribution is 0.0833. The lowest BCUT2D eigenvalue weighted by Crippen LogP contribution is -2.21. The summed E-state index contributed by atoms with van der Waals surface area (Å²) in [5.41, 5.74) is 6.95. The highest BCUT2D eigenvalue weighted by atomic mass is 32.1. The SMILES string of the molecule is CCC1(CNc2cc(N)c(C(=O)N(C)C)s2)CC1. The van der Waals surface area contributed by atoms with E-state index in [0.29, 0.717) is 16.0 Å². The summed E-state index contributed by atoms with van der Waals surface area (Å²) in [6.07, 6.45) is 3.83. The van der Waals surface area contributed by atoms with Gasteiger partial charge in [0.2, 0.25) is 0 Å². The van der Waals surface area contributed by atoms with Gasteiger partial charge < -0.3 is 16.0 Å². The minimum absolute atomic E-state index is 0.0258. The van der Waals surface area contributed by atoms with E-state index >= 15 is 0 Å². The Balaban J connectivity index is 2.02. The maximum Gasteiger partial charge on any atom is 0.265 e. The van der Waals surface area contributed by atoms with Crippen LogP contribution in [0.15, 0.2) is 6.07 Å². The van der Waals surface area contributed by atoms with E-state index in [2.05, 4.69) is 12.2 Å². The van der Waals surface area contributed by atoms with E-state index in [1.807, 2.05) is 6.07 Å². The van der Waals surface area contributed by atoms with Gasteiger partial charge in [-0.3, -0.25) is 4.79 Å². The number of hydrogen-bond acceptors (Lipinski definition) is 4. The molecule has 5 heteroatoms. The standard InChI is InChI=1S/C13H21N3OS/c1-4-13(5-6-13)8-15-10-7-9(14)11(18-10)12(17)16(2)3/h7,15H,4-6,8,14H2,1-3H3. The van der Waals surface area contributed by atoms with Gasteiger partial charge in [0.05, 0.1) is 10.7 Å². The number of anilines is 2. The Bertz CT molecular complexity index is 449. The summed E-state index contributed by atoms with van der Waals surface area (Å²) in [6.45, 7) is 3.22. The number of nitrogens with one attached hydrogen (secondary N) is 1. The fourth-order valence-electron chi connectivity index (χ4n) is 1.97. The minimum atomic E-state index is -0.0258. The number of nitrogens with two attached hydrogens (primary N) is 1. The van der Waals surface area contributed by atoms with Crippen LogP contribution in [0.25, 0.3) is 0 Å². The molecule has 0 saturated heterocycles. The van der Waals surface area contributed by atoms with Crippen LogP contribution in [0.1, 0.15) is 35.9 Å². The van der Waals surface area contributed by atoms with E-state index in [-0.39, 0.29) is 5.91 Å². The average molecular weight is 267 g/mol. The number of carbonyl (C=O) groups excluding carboxylic acids is 1. The third-order valence-electron chi connectivity index (χ3n) is 3.71. The zero-order chi connectivity index (χ0) is 13.3. The van der Waals surface area contributed by atoms with Crippen molar-refractivity contribution in [3.8, 4) is 0 Å². The number of nitrogen functional groups attached to an aromatic ring is 1. The van der Waals surface area contributed by atoms with Crippen molar-refractivity contribution in [3.63, 3.8) is 0 Å². The van der Waals surface area contributed by atoms with Gasteiger partial charge in [0, 0.05) is 20.6 Å². The Morgan fingerprint density at radius 2 is 2.22 bits per heavy atom. The molecular weight excluding hydrogens is 246 g/mol. The number of amides is 1. The van der Waals surface area contributed by atoms with Gasteiger partial charge in [-0.1, -0.05) is 6.92 Å². The van der Waals surface area contributed by atoms with Crippen molar-refractivity contribution >= 4 is 27.9 Å². The van der Waals surface area contributed by atoms with E-state index in [4.69, 9.17) is 5.73 Å². The monoisotopic (exact) mass is 267 g/mol. The topological polar surface area (TPSA) is 58.4 Å². The fourth-order valence-corrected chi connectivity index (χ4v) is 2.97. The van der Waals surface area contributed by atoms with E-state index in [1.54, 1.807) is 19.0 Å². The van der Waals surface area contributed by atoms with Crippen LogP contribution < -0.4 is 11.1 Å². The molecule has 1 amide bonds. The zero-order valence-corrected chi connectivity index (χ0v) is 12.1. The van der Waals surface area contributed by atoms with Crippen molar-refractivity contribution in [2.45, 2.75) is 26.2 Å². The largest absolute Gasteiger partial charge is 0.397 e. The molecule has 2 rings (SSSR count). The summed E-state index contributed by atoms with van der Waals surface area (Å²) in [5, 5.41) is 4.42. The second-order valence-electron chi connectivity index (χ2n) is 5.30. The maximum atomic E-state index is 11.9. The normalized spacial score (nSPS) is 16.4. The van der Waals surface area contributed by atoms with Crippen molar-refractivity contribution in [2.24, 2.45) is 5.41 Å². The Kier molecular flexibility index (Phi) is 3.52. The van der Waals surface area contributed by atoms with Gasteiger partial charge in [0.25, 0.3) is 5.91 Å². The van der Waals surface area contributed by atoms with Crippen LogP contribution in [0.2, 0.25) is 0 Å². The van der Waals surface area contributed by atoms with E-state index in [9.17, 15) is 4.79 Å². The fraction of sp³-hybridized carbons (Fsp3) is 0.615. The summed E-state index contributed by atoms with van der Waals surface area (Å²) >= 11 is 1.45. The molecule has 1 heterocycles. The number of nitrogens with zero attached hydrogens (tertiary/aromatic N) is 1. The minimum Gasteiger partial charge on any atom is -0.397 e. The summed E-state index contributed by atoms with van der Waals surface area (Å²) in [7, 11) is 3.48. The molecule has 1 aromatic rings. The summed E-state index contributed by atoms with van der Waals surface area (Å²) in [5.74, 6) is -0.0258. The van der Waals surface area contributed by atoms with Gasteiger partial charge >= 0.3 is 0 Å². The zero-order valence-electron chi connectivity index (χ0n) is 11.2. The van der Waals surface area contributed by atoms with E-state index in [1.165, 1.54) is 30.6 Å². The third kappa shape index (κ3) is 2.61. The van der Waals surface area contributed by atoms with Crippen molar-refractivity contribution in [1.29, 1.82) is 0 Å². The number of carbonyl (C=O) groups is 1. The van der Waals surface area contributed by atoms with E-state index in [0.717, 1.165) is 11.5 Å². The van der Waals surface area contributed by atoms with Crippen LogP contribution in [-0.2, 0) is 0 Å². The first-order valence-corrected chi connectivity index (χ1v) is 7.14. The number of rotatable bonds is 5. The molecule has 1 aliphatic rings. The first-order chi connectivity index (χ1) is 8.47. The first kappa shape index (κ1) is 13.2. The molecule has 0 radical (unpaired) electrons. The second-order valence-corrected chi connectivity index (χ2v) is 6.35. The van der Waals surface area contributed by atoms with Crippen molar-refractivity contribution in [2.75, 3.05) is 31.7 Å². The van der Waals surface area contributed by atoms with Crippen LogP contribution in [-0.4, -0.2) is 31.4 Å². The molecule has 0 atom stereocenters. The van der Waals surface area contributed by atoms with Crippen LogP contribution >= 0.6 is 11.3 Å². The molecular formula is C13H21N3OS. The molecule has 1 aromatic heterocycles. The highest BCUT2D eigenvalue weighted by molar-refractivity contribution is 7.18. The molecule has 0 aromatic carbocycles. The number of hydrogen-bond donors (Lipinski definition) is 2. The van der Waals surface area contributed by atoms with Crippen molar-refractivity contribution in [1.82, 2.24) is 4.90 Å². The molecule has 1 fully saturated rings. The Morgan fingerprint density at radius 1 is 1.56 bits per heavy atom. The van der Waals surface area contributed by atoms with Crippen molar-refractivity contribution < 1.29 is 4.79 Å². The van der Waals surface area contributed by atoms with Gasteiger partial charge in [-0.2, -0.15) is 0 Å². The van der Waals surface area contributed by atoms with Crippen LogP contribution in [0.5, 0.6) is 0 Å². The predicted molar refractivity (Wildman–Crippen MR) is 77.2 cm³/mol. The highest BCUT2D eigenvalue weighted by Crippen LogP contribution is 2.48. The molecule has 0 bridgehead atoms. The van der Waals surface area contributed by atoms with Gasteiger partial charge in [-0.15, -0.1) is 11.3 Å². The molecule has 0 unspecified atom stereocenters. The third-order valence-corrected chi connectivity index (χ3v) is 4.80. The second kappa shape index (κ2) is 4.80. The van der Waals surface area contributed by atoms with Crippen LogP contribution in [0.4, 0.5) is 10.7 Å². The molecule has 4 nitrogen and oxygen atoms in total. The van der Waals surface area contributed by atoms with Gasteiger partial charge in [-0.25, -0.2) is 0 Å². The molecule has 1 saturated carbocycles. The summed E-state index contributed by atoms with van der Waals surface area (Å²) < 4.78 is 0. The van der Waals surface area contributed by atoms with Crippen molar-refractivity contribution in [3.05, 3.63) is 10.9 Å². The molecule has 0 aliphatic heterocycles. The van der Waals surface area contributed by atoms with Crippen LogP contribution in [0, 0.1) is 5.41 Å². The summed E-state index contributed by atoms with van der Waals surface area (Å²) in [6, 6.07) is 1.87. The molecule has 3 N–H and O–H groups in total.